The molecule has 33 heavy (non-hydrogen) atoms. The third-order valence-corrected chi connectivity index (χ3v) is 5.83. The molecule has 1 N–H and O–H groups in total. The second kappa shape index (κ2) is 8.58. The molecule has 0 radical (unpaired) electrons. The number of nitrogens with one attached hydrogen (secondary N) is 1. The number of carbonyl (C=O) groups is 2. The second-order valence-electron chi connectivity index (χ2n) is 8.93. The minimum Gasteiger partial charge on any atom is -0.378 e. The van der Waals surface area contributed by atoms with E-state index in [2.05, 4.69) is 11.4 Å². The van der Waals surface area contributed by atoms with Gasteiger partial charge in [0.05, 0.1) is 11.3 Å². The lowest BCUT2D eigenvalue weighted by molar-refractivity contribution is -0.120. The maximum Gasteiger partial charge on any atom is 0.282 e. The third kappa shape index (κ3) is 4.27. The molecule has 1 aliphatic heterocycles. The van der Waals surface area contributed by atoms with E-state index in [1.54, 1.807) is 6.07 Å². The molecule has 1 aliphatic rings. The van der Waals surface area contributed by atoms with E-state index < -0.39 is 0 Å². The highest BCUT2D eigenvalue weighted by atomic mass is 16.2. The van der Waals surface area contributed by atoms with E-state index in [-0.39, 0.29) is 11.8 Å². The van der Waals surface area contributed by atoms with Gasteiger partial charge in [0, 0.05) is 25.5 Å². The normalized spacial score (nSPS) is 13.7. The summed E-state index contributed by atoms with van der Waals surface area (Å²) < 4.78 is 0. The van der Waals surface area contributed by atoms with Gasteiger partial charge in [0.2, 0.25) is 0 Å². The van der Waals surface area contributed by atoms with Crippen LogP contribution in [0.1, 0.15) is 27.8 Å². The average Bonchev–Trinajstić information content (AvgIpc) is 2.97. The van der Waals surface area contributed by atoms with Crippen LogP contribution in [-0.2, 0) is 9.59 Å². The number of rotatable bonds is 5. The van der Waals surface area contributed by atoms with Crippen molar-refractivity contribution >= 4 is 34.4 Å². The van der Waals surface area contributed by atoms with Crippen molar-refractivity contribution < 1.29 is 9.59 Å². The second-order valence-corrected chi connectivity index (χ2v) is 8.93. The topological polar surface area (TPSA) is 52.7 Å². The van der Waals surface area contributed by atoms with Crippen LogP contribution in [0.25, 0.3) is 5.57 Å². The summed E-state index contributed by atoms with van der Waals surface area (Å²) in [7, 11) is 3.86. The number of aryl methyl sites for hydroxylation is 4. The van der Waals surface area contributed by atoms with E-state index in [0.29, 0.717) is 17.0 Å². The number of carbonyl (C=O) groups excluding carboxylic acids is 2. The lowest BCUT2D eigenvalue weighted by atomic mass is 9.97. The largest absolute Gasteiger partial charge is 0.378 e. The Morgan fingerprint density at radius 1 is 0.758 bits per heavy atom. The molecule has 5 heteroatoms. The van der Waals surface area contributed by atoms with Crippen molar-refractivity contribution in [2.45, 2.75) is 27.7 Å². The molecular weight excluding hydrogens is 410 g/mol. The number of imide groups is 1. The van der Waals surface area contributed by atoms with Gasteiger partial charge in [0.25, 0.3) is 11.8 Å². The predicted octanol–water partition coefficient (Wildman–Crippen LogP) is 5.38. The van der Waals surface area contributed by atoms with Crippen molar-refractivity contribution in [3.63, 3.8) is 0 Å². The highest BCUT2D eigenvalue weighted by Crippen LogP contribution is 2.36. The molecule has 168 valence electrons. The summed E-state index contributed by atoms with van der Waals surface area (Å²) in [4.78, 5) is 30.7. The maximum absolute atomic E-state index is 13.8. The SMILES string of the molecule is Cc1cc(C)cc(NC2=C(c3ccc(C)cc3C)C(=O)N(c3cccc(N(C)C)c3)C2=O)c1. The fourth-order valence-electron chi connectivity index (χ4n) is 4.33. The van der Waals surface area contributed by atoms with Crippen molar-refractivity contribution in [3.05, 3.63) is 94.2 Å². The van der Waals surface area contributed by atoms with Gasteiger partial charge in [-0.3, -0.25) is 9.59 Å². The van der Waals surface area contributed by atoms with E-state index in [9.17, 15) is 9.59 Å². The molecule has 2 amide bonds. The van der Waals surface area contributed by atoms with Crippen LogP contribution in [0.4, 0.5) is 17.1 Å². The van der Waals surface area contributed by atoms with Gasteiger partial charge in [-0.05, 0) is 80.3 Å². The fraction of sp³-hybridized carbons (Fsp3) is 0.214. The number of amides is 2. The lowest BCUT2D eigenvalue weighted by Crippen LogP contribution is -2.32. The van der Waals surface area contributed by atoms with Crippen LogP contribution in [0.2, 0.25) is 0 Å². The molecule has 0 bridgehead atoms. The molecule has 0 spiro atoms. The van der Waals surface area contributed by atoms with Crippen LogP contribution >= 0.6 is 0 Å². The quantitative estimate of drug-likeness (QED) is 0.542. The average molecular weight is 440 g/mol. The molecule has 0 aliphatic carbocycles. The van der Waals surface area contributed by atoms with E-state index in [1.165, 1.54) is 4.90 Å². The molecular formula is C28H29N3O2. The molecule has 0 saturated heterocycles. The molecule has 0 fully saturated rings. The molecule has 4 rings (SSSR count). The molecule has 3 aromatic rings. The van der Waals surface area contributed by atoms with Crippen LogP contribution < -0.4 is 15.1 Å². The van der Waals surface area contributed by atoms with E-state index in [4.69, 9.17) is 0 Å². The summed E-state index contributed by atoms with van der Waals surface area (Å²) in [6.45, 7) is 8.01. The molecule has 3 aromatic carbocycles. The first kappa shape index (κ1) is 22.3. The molecule has 0 unspecified atom stereocenters. The van der Waals surface area contributed by atoms with Gasteiger partial charge in [-0.15, -0.1) is 0 Å². The van der Waals surface area contributed by atoms with Gasteiger partial charge >= 0.3 is 0 Å². The Bertz CT molecular complexity index is 1280. The zero-order valence-electron chi connectivity index (χ0n) is 20.0. The van der Waals surface area contributed by atoms with Crippen LogP contribution in [0.5, 0.6) is 0 Å². The summed E-state index contributed by atoms with van der Waals surface area (Å²) in [5, 5.41) is 3.29. The highest BCUT2D eigenvalue weighted by Gasteiger charge is 2.40. The molecule has 1 heterocycles. The molecule has 5 nitrogen and oxygen atoms in total. The smallest absolute Gasteiger partial charge is 0.282 e. The van der Waals surface area contributed by atoms with Crippen molar-refractivity contribution in [1.82, 2.24) is 0 Å². The summed E-state index contributed by atoms with van der Waals surface area (Å²) in [5.41, 5.74) is 7.93. The standard InChI is InChI=1S/C28H29N3O2/c1-17-10-11-24(20(4)13-17)25-26(29-21-14-18(2)12-19(3)15-21)28(33)31(27(25)32)23-9-7-8-22(16-23)30(5)6/h7-16,29H,1-6H3. The van der Waals surface area contributed by atoms with Crippen LogP contribution in [0.3, 0.4) is 0 Å². The maximum atomic E-state index is 13.8. The Morgan fingerprint density at radius 2 is 1.45 bits per heavy atom. The number of hydrogen-bond acceptors (Lipinski definition) is 4. The first-order valence-electron chi connectivity index (χ1n) is 11.0. The Labute approximate surface area is 195 Å². The highest BCUT2D eigenvalue weighted by molar-refractivity contribution is 6.46. The minimum atomic E-state index is -0.356. The Balaban J connectivity index is 1.87. The third-order valence-electron chi connectivity index (χ3n) is 5.83. The Hall–Kier alpha value is -3.86. The van der Waals surface area contributed by atoms with Gasteiger partial charge in [-0.2, -0.15) is 0 Å². The first-order valence-corrected chi connectivity index (χ1v) is 11.0. The first-order chi connectivity index (χ1) is 15.7. The zero-order chi connectivity index (χ0) is 23.9. The van der Waals surface area contributed by atoms with E-state index in [1.807, 2.05) is 95.2 Å². The van der Waals surface area contributed by atoms with Crippen molar-refractivity contribution in [3.8, 4) is 0 Å². The van der Waals surface area contributed by atoms with E-state index in [0.717, 1.165) is 39.2 Å². The van der Waals surface area contributed by atoms with Gasteiger partial charge in [0.15, 0.2) is 0 Å². The molecule has 0 saturated carbocycles. The minimum absolute atomic E-state index is 0.298. The number of benzene rings is 3. The van der Waals surface area contributed by atoms with Gasteiger partial charge in [-0.25, -0.2) is 4.90 Å². The van der Waals surface area contributed by atoms with Crippen molar-refractivity contribution in [1.29, 1.82) is 0 Å². The summed E-state index contributed by atoms with van der Waals surface area (Å²) >= 11 is 0. The van der Waals surface area contributed by atoms with Crippen molar-refractivity contribution in [2.24, 2.45) is 0 Å². The molecule has 0 atom stereocenters. The lowest BCUT2D eigenvalue weighted by Gasteiger charge is -2.19. The summed E-state index contributed by atoms with van der Waals surface area (Å²) in [6, 6.07) is 19.4. The Kier molecular flexibility index (Phi) is 5.81. The van der Waals surface area contributed by atoms with Gasteiger partial charge < -0.3 is 10.2 Å². The number of nitrogens with zero attached hydrogens (tertiary/aromatic N) is 2. The van der Waals surface area contributed by atoms with E-state index >= 15 is 0 Å². The Morgan fingerprint density at radius 3 is 2.09 bits per heavy atom. The zero-order valence-corrected chi connectivity index (χ0v) is 20.0. The van der Waals surface area contributed by atoms with Gasteiger partial charge in [0.1, 0.15) is 5.70 Å². The molecule has 0 aromatic heterocycles. The summed E-state index contributed by atoms with van der Waals surface area (Å²) in [6.07, 6.45) is 0. The summed E-state index contributed by atoms with van der Waals surface area (Å²) in [5.74, 6) is -0.681. The monoisotopic (exact) mass is 439 g/mol. The van der Waals surface area contributed by atoms with Crippen LogP contribution in [0.15, 0.2) is 66.4 Å². The van der Waals surface area contributed by atoms with Crippen LogP contribution in [-0.4, -0.2) is 25.9 Å². The van der Waals surface area contributed by atoms with Crippen LogP contribution in [0, 0.1) is 27.7 Å². The number of anilines is 3. The fourth-order valence-corrected chi connectivity index (χ4v) is 4.33. The number of hydrogen-bond donors (Lipinski definition) is 1. The predicted molar refractivity (Wildman–Crippen MR) is 136 cm³/mol. The van der Waals surface area contributed by atoms with Gasteiger partial charge in [-0.1, -0.05) is 35.9 Å². The van der Waals surface area contributed by atoms with Crippen molar-refractivity contribution in [2.75, 3.05) is 29.2 Å².